The van der Waals surface area contributed by atoms with Gasteiger partial charge in [0.05, 0.1) is 11.1 Å². The summed E-state index contributed by atoms with van der Waals surface area (Å²) in [6, 6.07) is 5.04. The molecule has 3 rings (SSSR count). The predicted octanol–water partition coefficient (Wildman–Crippen LogP) is 1.75. The minimum Gasteiger partial charge on any atom is -0.478 e. The Balaban J connectivity index is 1.95. The number of carbonyl (C=O) groups excluding carboxylic acids is 1. The Morgan fingerprint density at radius 2 is 2.18 bits per heavy atom. The van der Waals surface area contributed by atoms with Gasteiger partial charge in [-0.3, -0.25) is 4.79 Å². The topological polar surface area (TPSA) is 57.6 Å². The fourth-order valence-electron chi connectivity index (χ4n) is 2.36. The first-order valence-electron chi connectivity index (χ1n) is 5.81. The van der Waals surface area contributed by atoms with Gasteiger partial charge in [0.2, 0.25) is 0 Å². The normalized spacial score (nSPS) is 18.4. The van der Waals surface area contributed by atoms with Gasteiger partial charge < -0.3 is 10.0 Å². The Kier molecular flexibility index (Phi) is 2.18. The lowest BCUT2D eigenvalue weighted by molar-refractivity contribution is 0.0681. The van der Waals surface area contributed by atoms with Crippen LogP contribution in [0.4, 0.5) is 0 Å². The molecule has 0 spiro atoms. The second kappa shape index (κ2) is 3.58. The van der Waals surface area contributed by atoms with Crippen molar-refractivity contribution in [1.82, 2.24) is 4.90 Å². The second-order valence-corrected chi connectivity index (χ2v) is 4.77. The van der Waals surface area contributed by atoms with Crippen LogP contribution in [0.5, 0.6) is 0 Å². The van der Waals surface area contributed by atoms with Gasteiger partial charge in [-0.05, 0) is 30.4 Å². The van der Waals surface area contributed by atoms with Crippen molar-refractivity contribution in [3.05, 3.63) is 34.9 Å². The Bertz CT molecular complexity index is 505. The van der Waals surface area contributed by atoms with E-state index >= 15 is 0 Å². The van der Waals surface area contributed by atoms with Crippen molar-refractivity contribution in [2.24, 2.45) is 5.92 Å². The van der Waals surface area contributed by atoms with Crippen LogP contribution in [-0.2, 0) is 6.54 Å². The highest BCUT2D eigenvalue weighted by molar-refractivity contribution is 6.07. The molecule has 1 heterocycles. The molecule has 17 heavy (non-hydrogen) atoms. The molecule has 1 aliphatic carbocycles. The average Bonchev–Trinajstić information content (AvgIpc) is 3.05. The number of fused-ring (bicyclic) bond motifs is 1. The summed E-state index contributed by atoms with van der Waals surface area (Å²) in [5.41, 5.74) is 1.36. The van der Waals surface area contributed by atoms with Gasteiger partial charge in [0.15, 0.2) is 0 Å². The summed E-state index contributed by atoms with van der Waals surface area (Å²) < 4.78 is 0. The summed E-state index contributed by atoms with van der Waals surface area (Å²) >= 11 is 0. The van der Waals surface area contributed by atoms with Crippen LogP contribution in [0, 0.1) is 5.92 Å². The van der Waals surface area contributed by atoms with E-state index in [9.17, 15) is 9.59 Å². The molecule has 0 bridgehead atoms. The average molecular weight is 231 g/mol. The van der Waals surface area contributed by atoms with Gasteiger partial charge in [-0.2, -0.15) is 0 Å². The van der Waals surface area contributed by atoms with Crippen molar-refractivity contribution in [3.63, 3.8) is 0 Å². The van der Waals surface area contributed by atoms with E-state index in [0.29, 0.717) is 18.0 Å². The summed E-state index contributed by atoms with van der Waals surface area (Å²) in [4.78, 5) is 25.0. The quantitative estimate of drug-likeness (QED) is 0.862. The first-order chi connectivity index (χ1) is 8.16. The molecule has 1 N–H and O–H groups in total. The molecule has 0 radical (unpaired) electrons. The molecule has 1 fully saturated rings. The highest BCUT2D eigenvalue weighted by Crippen LogP contribution is 2.33. The number of nitrogens with zero attached hydrogens (tertiary/aromatic N) is 1. The highest BCUT2D eigenvalue weighted by Gasteiger charge is 2.35. The standard InChI is InChI=1S/C13H13NO3/c15-12-11-9(2-1-3-10(11)13(16)17)7-14(12)6-8-4-5-8/h1-3,8H,4-7H2,(H,16,17). The Hall–Kier alpha value is -1.84. The summed E-state index contributed by atoms with van der Waals surface area (Å²) in [6.07, 6.45) is 2.37. The minimum atomic E-state index is -1.02. The van der Waals surface area contributed by atoms with Crippen molar-refractivity contribution in [2.45, 2.75) is 19.4 Å². The molecule has 0 atom stereocenters. The molecular formula is C13H13NO3. The van der Waals surface area contributed by atoms with E-state index in [2.05, 4.69) is 0 Å². The van der Waals surface area contributed by atoms with Crippen LogP contribution in [0.1, 0.15) is 39.1 Å². The van der Waals surface area contributed by atoms with E-state index in [-0.39, 0.29) is 11.5 Å². The molecule has 2 aliphatic rings. The number of carbonyl (C=O) groups is 2. The lowest BCUT2D eigenvalue weighted by atomic mass is 10.0. The number of hydrogen-bond acceptors (Lipinski definition) is 2. The molecule has 1 aliphatic heterocycles. The SMILES string of the molecule is O=C(O)c1cccc2c1C(=O)N(CC1CC1)C2. The minimum absolute atomic E-state index is 0.120. The van der Waals surface area contributed by atoms with Crippen molar-refractivity contribution >= 4 is 11.9 Å². The van der Waals surface area contributed by atoms with Crippen molar-refractivity contribution in [3.8, 4) is 0 Å². The fourth-order valence-corrected chi connectivity index (χ4v) is 2.36. The smallest absolute Gasteiger partial charge is 0.336 e. The molecule has 0 aromatic heterocycles. The van der Waals surface area contributed by atoms with Crippen LogP contribution in [0.25, 0.3) is 0 Å². The Labute approximate surface area is 98.9 Å². The predicted molar refractivity (Wildman–Crippen MR) is 60.9 cm³/mol. The number of hydrogen-bond donors (Lipinski definition) is 1. The molecule has 1 amide bonds. The van der Waals surface area contributed by atoms with Gasteiger partial charge in [0.25, 0.3) is 5.91 Å². The number of benzene rings is 1. The monoisotopic (exact) mass is 231 g/mol. The maximum absolute atomic E-state index is 12.1. The number of amides is 1. The number of carboxylic acid groups (broad SMARTS) is 1. The Morgan fingerprint density at radius 1 is 1.41 bits per heavy atom. The van der Waals surface area contributed by atoms with E-state index < -0.39 is 5.97 Å². The first-order valence-corrected chi connectivity index (χ1v) is 5.81. The third kappa shape index (κ3) is 1.69. The lowest BCUT2D eigenvalue weighted by Crippen LogP contribution is -2.26. The third-order valence-corrected chi connectivity index (χ3v) is 3.42. The largest absolute Gasteiger partial charge is 0.478 e. The zero-order chi connectivity index (χ0) is 12.0. The van der Waals surface area contributed by atoms with E-state index in [1.165, 1.54) is 18.9 Å². The van der Waals surface area contributed by atoms with Gasteiger partial charge in [0.1, 0.15) is 0 Å². The van der Waals surface area contributed by atoms with Crippen LogP contribution in [0.2, 0.25) is 0 Å². The van der Waals surface area contributed by atoms with Crippen LogP contribution in [-0.4, -0.2) is 28.4 Å². The van der Waals surface area contributed by atoms with Crippen LogP contribution >= 0.6 is 0 Å². The molecule has 1 saturated carbocycles. The van der Waals surface area contributed by atoms with E-state index in [0.717, 1.165) is 12.1 Å². The Morgan fingerprint density at radius 3 is 2.82 bits per heavy atom. The van der Waals surface area contributed by atoms with Gasteiger partial charge in [-0.25, -0.2) is 4.79 Å². The highest BCUT2D eigenvalue weighted by atomic mass is 16.4. The summed E-state index contributed by atoms with van der Waals surface area (Å²) in [7, 11) is 0. The van der Waals surface area contributed by atoms with Gasteiger partial charge >= 0.3 is 5.97 Å². The van der Waals surface area contributed by atoms with Crippen molar-refractivity contribution < 1.29 is 14.7 Å². The molecule has 4 heteroatoms. The third-order valence-electron chi connectivity index (χ3n) is 3.42. The molecule has 1 aromatic rings. The number of rotatable bonds is 3. The fraction of sp³-hybridized carbons (Fsp3) is 0.385. The molecule has 0 unspecified atom stereocenters. The summed E-state index contributed by atoms with van der Waals surface area (Å²) in [6.45, 7) is 1.33. The number of aromatic carboxylic acids is 1. The zero-order valence-corrected chi connectivity index (χ0v) is 9.35. The van der Waals surface area contributed by atoms with E-state index in [1.54, 1.807) is 11.0 Å². The maximum atomic E-state index is 12.1. The van der Waals surface area contributed by atoms with Gasteiger partial charge in [0, 0.05) is 13.1 Å². The van der Waals surface area contributed by atoms with Crippen LogP contribution < -0.4 is 0 Å². The summed E-state index contributed by atoms with van der Waals surface area (Å²) in [5, 5.41) is 9.08. The molecular weight excluding hydrogens is 218 g/mol. The molecule has 4 nitrogen and oxygen atoms in total. The number of carboxylic acids is 1. The van der Waals surface area contributed by atoms with Crippen LogP contribution in [0.3, 0.4) is 0 Å². The van der Waals surface area contributed by atoms with Crippen molar-refractivity contribution in [2.75, 3.05) is 6.54 Å². The van der Waals surface area contributed by atoms with Crippen LogP contribution in [0.15, 0.2) is 18.2 Å². The second-order valence-electron chi connectivity index (χ2n) is 4.77. The maximum Gasteiger partial charge on any atom is 0.336 e. The van der Waals surface area contributed by atoms with E-state index in [1.807, 2.05) is 6.07 Å². The van der Waals surface area contributed by atoms with E-state index in [4.69, 9.17) is 5.11 Å². The zero-order valence-electron chi connectivity index (χ0n) is 9.35. The summed E-state index contributed by atoms with van der Waals surface area (Å²) in [5.74, 6) is -0.519. The first kappa shape index (κ1) is 10.3. The van der Waals surface area contributed by atoms with Crippen molar-refractivity contribution in [1.29, 1.82) is 0 Å². The van der Waals surface area contributed by atoms with Gasteiger partial charge in [-0.1, -0.05) is 12.1 Å². The molecule has 88 valence electrons. The van der Waals surface area contributed by atoms with Gasteiger partial charge in [-0.15, -0.1) is 0 Å². The molecule has 1 aromatic carbocycles. The molecule has 0 saturated heterocycles. The lowest BCUT2D eigenvalue weighted by Gasteiger charge is -2.14.